The van der Waals surface area contributed by atoms with Crippen molar-refractivity contribution in [2.24, 2.45) is 5.92 Å². The Balaban J connectivity index is 1.59. The molecule has 2 aromatic rings. The number of pyridine rings is 1. The van der Waals surface area contributed by atoms with Crippen LogP contribution in [0.3, 0.4) is 0 Å². The highest BCUT2D eigenvalue weighted by molar-refractivity contribution is 5.89. The van der Waals surface area contributed by atoms with Crippen LogP contribution in [0.1, 0.15) is 24.5 Å². The standard InChI is InChI=1S/C19H23N3O/c1-15(23)21-19-5-3-2-4-18(19)14-22-11-8-17(13-22)12-16-6-9-20-10-7-16/h2-7,9-10,17H,8,11-14H2,1H3,(H,21,23). The van der Waals surface area contributed by atoms with E-state index >= 15 is 0 Å². The number of benzene rings is 1. The maximum Gasteiger partial charge on any atom is 0.221 e. The number of amides is 1. The van der Waals surface area contributed by atoms with Crippen molar-refractivity contribution in [1.82, 2.24) is 9.88 Å². The van der Waals surface area contributed by atoms with Crippen LogP contribution in [0.25, 0.3) is 0 Å². The van der Waals surface area contributed by atoms with E-state index in [0.717, 1.165) is 31.7 Å². The summed E-state index contributed by atoms with van der Waals surface area (Å²) in [6.07, 6.45) is 6.08. The zero-order valence-corrected chi connectivity index (χ0v) is 13.5. The van der Waals surface area contributed by atoms with Crippen LogP contribution in [-0.4, -0.2) is 28.9 Å². The Morgan fingerprint density at radius 1 is 1.26 bits per heavy atom. The lowest BCUT2D eigenvalue weighted by Crippen LogP contribution is -2.21. The Labute approximate surface area is 137 Å². The van der Waals surface area contributed by atoms with E-state index in [4.69, 9.17) is 0 Å². The number of hydrogen-bond donors (Lipinski definition) is 1. The quantitative estimate of drug-likeness (QED) is 0.923. The summed E-state index contributed by atoms with van der Waals surface area (Å²) in [5.74, 6) is 0.680. The second kappa shape index (κ2) is 7.38. The topological polar surface area (TPSA) is 45.2 Å². The van der Waals surface area contributed by atoms with Crippen LogP contribution < -0.4 is 5.32 Å². The van der Waals surface area contributed by atoms with Gasteiger partial charge in [0.05, 0.1) is 0 Å². The summed E-state index contributed by atoms with van der Waals surface area (Å²) in [6, 6.07) is 12.3. The van der Waals surface area contributed by atoms with Crippen LogP contribution >= 0.6 is 0 Å². The first-order valence-electron chi connectivity index (χ1n) is 8.17. The van der Waals surface area contributed by atoms with Gasteiger partial charge in [0.25, 0.3) is 0 Å². The highest BCUT2D eigenvalue weighted by Gasteiger charge is 2.23. The summed E-state index contributed by atoms with van der Waals surface area (Å²) in [5, 5.41) is 2.93. The Hall–Kier alpha value is -2.20. The van der Waals surface area contributed by atoms with E-state index in [9.17, 15) is 4.79 Å². The van der Waals surface area contributed by atoms with Crippen molar-refractivity contribution in [2.75, 3.05) is 18.4 Å². The fourth-order valence-corrected chi connectivity index (χ4v) is 3.29. The van der Waals surface area contributed by atoms with Gasteiger partial charge in [-0.15, -0.1) is 0 Å². The summed E-state index contributed by atoms with van der Waals surface area (Å²) in [7, 11) is 0. The molecule has 1 saturated heterocycles. The number of likely N-dealkylation sites (tertiary alicyclic amines) is 1. The predicted octanol–water partition coefficient (Wildman–Crippen LogP) is 3.10. The fourth-order valence-electron chi connectivity index (χ4n) is 3.29. The lowest BCUT2D eigenvalue weighted by atomic mass is 10.00. The Bertz CT molecular complexity index is 657. The monoisotopic (exact) mass is 309 g/mol. The van der Waals surface area contributed by atoms with E-state index in [1.165, 1.54) is 17.5 Å². The first-order chi connectivity index (χ1) is 11.2. The van der Waals surface area contributed by atoms with Gasteiger partial charge in [-0.05, 0) is 54.6 Å². The van der Waals surface area contributed by atoms with Crippen molar-refractivity contribution in [3.8, 4) is 0 Å². The van der Waals surface area contributed by atoms with Gasteiger partial charge in [-0.25, -0.2) is 0 Å². The second-order valence-corrected chi connectivity index (χ2v) is 6.29. The first-order valence-corrected chi connectivity index (χ1v) is 8.17. The van der Waals surface area contributed by atoms with Crippen molar-refractivity contribution in [3.05, 3.63) is 59.9 Å². The molecule has 0 bridgehead atoms. The molecule has 0 radical (unpaired) electrons. The molecule has 4 heteroatoms. The summed E-state index contributed by atoms with van der Waals surface area (Å²) < 4.78 is 0. The molecular formula is C19H23N3O. The first kappa shape index (κ1) is 15.7. The molecule has 1 unspecified atom stereocenters. The van der Waals surface area contributed by atoms with Crippen LogP contribution in [0.4, 0.5) is 5.69 Å². The molecule has 2 heterocycles. The maximum absolute atomic E-state index is 11.3. The molecule has 3 rings (SSSR count). The van der Waals surface area contributed by atoms with Gasteiger partial charge in [-0.3, -0.25) is 14.7 Å². The minimum Gasteiger partial charge on any atom is -0.326 e. The molecule has 1 aromatic heterocycles. The van der Waals surface area contributed by atoms with Gasteiger partial charge in [0, 0.05) is 38.1 Å². The second-order valence-electron chi connectivity index (χ2n) is 6.29. The molecule has 1 amide bonds. The van der Waals surface area contributed by atoms with Crippen LogP contribution in [0.5, 0.6) is 0 Å². The molecule has 1 aliphatic heterocycles. The van der Waals surface area contributed by atoms with Crippen molar-refractivity contribution >= 4 is 11.6 Å². The Morgan fingerprint density at radius 2 is 2.04 bits per heavy atom. The van der Waals surface area contributed by atoms with Crippen molar-refractivity contribution < 1.29 is 4.79 Å². The molecule has 1 aromatic carbocycles. The molecule has 0 spiro atoms. The lowest BCUT2D eigenvalue weighted by molar-refractivity contribution is -0.114. The van der Waals surface area contributed by atoms with Gasteiger partial charge < -0.3 is 5.32 Å². The van der Waals surface area contributed by atoms with E-state index in [0.29, 0.717) is 5.92 Å². The highest BCUT2D eigenvalue weighted by atomic mass is 16.1. The van der Waals surface area contributed by atoms with E-state index in [1.807, 2.05) is 30.6 Å². The van der Waals surface area contributed by atoms with E-state index in [-0.39, 0.29) is 5.91 Å². The summed E-state index contributed by atoms with van der Waals surface area (Å²) >= 11 is 0. The maximum atomic E-state index is 11.3. The van der Waals surface area contributed by atoms with Crippen molar-refractivity contribution in [3.63, 3.8) is 0 Å². The smallest absolute Gasteiger partial charge is 0.221 e. The third kappa shape index (κ3) is 4.39. The van der Waals surface area contributed by atoms with Crippen LogP contribution in [0.15, 0.2) is 48.8 Å². The molecule has 0 saturated carbocycles. The van der Waals surface area contributed by atoms with Gasteiger partial charge in [0.1, 0.15) is 0 Å². The lowest BCUT2D eigenvalue weighted by Gasteiger charge is -2.18. The highest BCUT2D eigenvalue weighted by Crippen LogP contribution is 2.24. The minimum absolute atomic E-state index is 0.0190. The molecule has 23 heavy (non-hydrogen) atoms. The molecule has 4 nitrogen and oxygen atoms in total. The van der Waals surface area contributed by atoms with Crippen molar-refractivity contribution in [1.29, 1.82) is 0 Å². The molecule has 1 aliphatic rings. The average molecular weight is 309 g/mol. The molecule has 1 atom stereocenters. The molecule has 120 valence electrons. The number of para-hydroxylation sites is 1. The Kier molecular flexibility index (Phi) is 5.03. The third-order valence-corrected chi connectivity index (χ3v) is 4.37. The molecule has 1 fully saturated rings. The third-order valence-electron chi connectivity index (χ3n) is 4.37. The van der Waals surface area contributed by atoms with Gasteiger partial charge in [-0.1, -0.05) is 18.2 Å². The molecule has 0 aliphatic carbocycles. The number of nitrogens with zero attached hydrogens (tertiary/aromatic N) is 2. The number of carbonyl (C=O) groups is 1. The average Bonchev–Trinajstić information content (AvgIpc) is 2.97. The van der Waals surface area contributed by atoms with E-state index < -0.39 is 0 Å². The zero-order chi connectivity index (χ0) is 16.1. The number of rotatable bonds is 5. The fraction of sp³-hybridized carbons (Fsp3) is 0.368. The summed E-state index contributed by atoms with van der Waals surface area (Å²) in [5.41, 5.74) is 3.48. The number of hydrogen-bond acceptors (Lipinski definition) is 3. The zero-order valence-electron chi connectivity index (χ0n) is 13.5. The predicted molar refractivity (Wildman–Crippen MR) is 92.1 cm³/mol. The number of nitrogens with one attached hydrogen (secondary N) is 1. The number of anilines is 1. The number of aromatic nitrogens is 1. The Morgan fingerprint density at radius 3 is 2.83 bits per heavy atom. The SMILES string of the molecule is CC(=O)Nc1ccccc1CN1CCC(Cc2ccncc2)C1. The number of carbonyl (C=O) groups excluding carboxylic acids is 1. The van der Waals surface area contributed by atoms with E-state index in [2.05, 4.69) is 33.4 Å². The van der Waals surface area contributed by atoms with E-state index in [1.54, 1.807) is 6.92 Å². The van der Waals surface area contributed by atoms with Gasteiger partial charge in [0.15, 0.2) is 0 Å². The van der Waals surface area contributed by atoms with Crippen LogP contribution in [-0.2, 0) is 17.8 Å². The van der Waals surface area contributed by atoms with Gasteiger partial charge >= 0.3 is 0 Å². The van der Waals surface area contributed by atoms with Crippen LogP contribution in [0, 0.1) is 5.92 Å². The van der Waals surface area contributed by atoms with Gasteiger partial charge in [-0.2, -0.15) is 0 Å². The minimum atomic E-state index is -0.0190. The summed E-state index contributed by atoms with van der Waals surface area (Å²) in [4.78, 5) is 17.9. The summed E-state index contributed by atoms with van der Waals surface area (Å²) in [6.45, 7) is 4.67. The van der Waals surface area contributed by atoms with Gasteiger partial charge in [0.2, 0.25) is 5.91 Å². The normalized spacial score (nSPS) is 18.0. The molecule has 1 N–H and O–H groups in total. The van der Waals surface area contributed by atoms with Crippen LogP contribution in [0.2, 0.25) is 0 Å². The largest absolute Gasteiger partial charge is 0.326 e. The van der Waals surface area contributed by atoms with Crippen molar-refractivity contribution in [2.45, 2.75) is 26.3 Å². The molecular weight excluding hydrogens is 286 g/mol.